The molecule has 0 spiro atoms. The molecule has 0 radical (unpaired) electrons. The minimum absolute atomic E-state index is 0.00319. The molecule has 1 aromatic rings. The van der Waals surface area contributed by atoms with Gasteiger partial charge in [0, 0.05) is 12.0 Å². The number of benzene rings is 1. The van der Waals surface area contributed by atoms with Crippen molar-refractivity contribution in [2.24, 2.45) is 23.2 Å². The highest BCUT2D eigenvalue weighted by molar-refractivity contribution is 6.24. The number of hydrogen-bond acceptors (Lipinski definition) is 4. The average molecular weight is 469 g/mol. The first-order valence-corrected chi connectivity index (χ1v) is 13.0. The van der Waals surface area contributed by atoms with Gasteiger partial charge in [0.1, 0.15) is 17.1 Å². The summed E-state index contributed by atoms with van der Waals surface area (Å²) in [5.41, 5.74) is 0.178. The SMILES string of the molecule is CC(C)CCC1=C(O)C(CCC(C)C)(CCC(C)C)C(=O)C(C(=O)CCc2ccccc2)=C1O. The van der Waals surface area contributed by atoms with Crippen LogP contribution in [0.2, 0.25) is 0 Å². The van der Waals surface area contributed by atoms with Gasteiger partial charge < -0.3 is 10.2 Å². The Kier molecular flexibility index (Phi) is 10.1. The largest absolute Gasteiger partial charge is 0.511 e. The molecule has 1 aliphatic carbocycles. The molecule has 0 saturated heterocycles. The van der Waals surface area contributed by atoms with E-state index < -0.39 is 11.2 Å². The third-order valence-corrected chi connectivity index (χ3v) is 6.95. The molecule has 0 atom stereocenters. The molecule has 1 aliphatic rings. The zero-order valence-electron chi connectivity index (χ0n) is 22.0. The molecule has 4 nitrogen and oxygen atoms in total. The molecule has 0 saturated carbocycles. The summed E-state index contributed by atoms with van der Waals surface area (Å²) in [5.74, 6) is 0.0421. The fourth-order valence-electron chi connectivity index (χ4n) is 4.62. The highest BCUT2D eigenvalue weighted by atomic mass is 16.3. The van der Waals surface area contributed by atoms with Crippen LogP contribution in [-0.2, 0) is 16.0 Å². The quantitative estimate of drug-likeness (QED) is 0.291. The Morgan fingerprint density at radius 2 is 1.35 bits per heavy atom. The van der Waals surface area contributed by atoms with Crippen LogP contribution in [0.4, 0.5) is 0 Å². The Labute approximate surface area is 206 Å². The zero-order valence-corrected chi connectivity index (χ0v) is 22.0. The molecule has 0 unspecified atom stereocenters. The monoisotopic (exact) mass is 468 g/mol. The van der Waals surface area contributed by atoms with Gasteiger partial charge >= 0.3 is 0 Å². The number of hydrogen-bond donors (Lipinski definition) is 2. The Morgan fingerprint density at radius 1 is 0.824 bits per heavy atom. The smallest absolute Gasteiger partial charge is 0.183 e. The van der Waals surface area contributed by atoms with Crippen molar-refractivity contribution in [1.29, 1.82) is 0 Å². The van der Waals surface area contributed by atoms with Gasteiger partial charge in [-0.2, -0.15) is 0 Å². The van der Waals surface area contributed by atoms with Gasteiger partial charge in [-0.1, -0.05) is 71.9 Å². The molecule has 0 fully saturated rings. The first-order valence-electron chi connectivity index (χ1n) is 13.0. The van der Waals surface area contributed by atoms with Crippen molar-refractivity contribution < 1.29 is 19.8 Å². The summed E-state index contributed by atoms with van der Waals surface area (Å²) in [6.07, 6.45) is 4.35. The van der Waals surface area contributed by atoms with Gasteiger partial charge in [0.05, 0.1) is 5.41 Å². The highest BCUT2D eigenvalue weighted by Crippen LogP contribution is 2.48. The molecular formula is C30H44O4. The van der Waals surface area contributed by atoms with E-state index in [-0.39, 0.29) is 29.3 Å². The molecule has 0 aromatic heterocycles. The lowest BCUT2D eigenvalue weighted by molar-refractivity contribution is -0.129. The maximum absolute atomic E-state index is 14.0. The molecule has 4 heteroatoms. The summed E-state index contributed by atoms with van der Waals surface area (Å²) < 4.78 is 0. The van der Waals surface area contributed by atoms with E-state index >= 15 is 0 Å². The minimum atomic E-state index is -1.13. The Bertz CT molecular complexity index is 891. The van der Waals surface area contributed by atoms with Gasteiger partial charge in [0.25, 0.3) is 0 Å². The number of aryl methyl sites for hydroxylation is 1. The van der Waals surface area contributed by atoms with Crippen LogP contribution in [0.25, 0.3) is 0 Å². The van der Waals surface area contributed by atoms with Gasteiger partial charge in [0.2, 0.25) is 0 Å². The van der Waals surface area contributed by atoms with Crippen molar-refractivity contribution in [2.45, 2.75) is 92.9 Å². The number of ketones is 2. The van der Waals surface area contributed by atoms with E-state index in [9.17, 15) is 19.8 Å². The van der Waals surface area contributed by atoms with Crippen LogP contribution in [0, 0.1) is 23.2 Å². The Balaban J connectivity index is 2.52. The van der Waals surface area contributed by atoms with E-state index in [1.807, 2.05) is 30.3 Å². The molecule has 188 valence electrons. The number of carbonyl (C=O) groups excluding carboxylic acids is 2. The van der Waals surface area contributed by atoms with E-state index in [0.29, 0.717) is 49.0 Å². The lowest BCUT2D eigenvalue weighted by Gasteiger charge is -2.38. The molecule has 0 heterocycles. The fraction of sp³-hybridized carbons (Fsp3) is 0.600. The number of Topliss-reactive ketones (excluding diaryl/α,β-unsaturated/α-hetero) is 2. The molecule has 2 N–H and O–H groups in total. The predicted octanol–water partition coefficient (Wildman–Crippen LogP) is 7.69. The van der Waals surface area contributed by atoms with Crippen molar-refractivity contribution in [3.8, 4) is 0 Å². The van der Waals surface area contributed by atoms with E-state index in [1.165, 1.54) is 0 Å². The fourth-order valence-corrected chi connectivity index (χ4v) is 4.62. The number of carbonyl (C=O) groups is 2. The second-order valence-electron chi connectivity index (χ2n) is 11.2. The first-order chi connectivity index (χ1) is 16.0. The van der Waals surface area contributed by atoms with Crippen molar-refractivity contribution in [2.75, 3.05) is 0 Å². The Hall–Kier alpha value is -2.36. The second kappa shape index (κ2) is 12.4. The first kappa shape index (κ1) is 27.9. The Morgan fingerprint density at radius 3 is 1.85 bits per heavy atom. The molecule has 1 aromatic carbocycles. The van der Waals surface area contributed by atoms with Crippen LogP contribution >= 0.6 is 0 Å². The van der Waals surface area contributed by atoms with Crippen molar-refractivity contribution in [3.63, 3.8) is 0 Å². The van der Waals surface area contributed by atoms with Gasteiger partial charge in [-0.3, -0.25) is 9.59 Å². The van der Waals surface area contributed by atoms with Crippen LogP contribution in [0.1, 0.15) is 92.1 Å². The lowest BCUT2D eigenvalue weighted by atomic mass is 9.64. The lowest BCUT2D eigenvalue weighted by Crippen LogP contribution is -2.41. The van der Waals surface area contributed by atoms with Gasteiger partial charge in [-0.05, 0) is 68.3 Å². The standard InChI is InChI=1S/C30H44O4/c1-20(2)12-14-24-27(32)26(25(31)15-13-23-10-8-7-9-11-23)29(34)30(28(24)33,18-16-21(3)4)19-17-22(5)6/h7-11,20-22,32-33H,12-19H2,1-6H3. The van der Waals surface area contributed by atoms with E-state index in [0.717, 1.165) is 24.8 Å². The summed E-state index contributed by atoms with van der Waals surface area (Å²) in [6, 6.07) is 9.70. The van der Waals surface area contributed by atoms with Gasteiger partial charge in [-0.25, -0.2) is 0 Å². The third kappa shape index (κ3) is 6.84. The highest BCUT2D eigenvalue weighted by Gasteiger charge is 2.50. The maximum Gasteiger partial charge on any atom is 0.183 e. The summed E-state index contributed by atoms with van der Waals surface area (Å²) >= 11 is 0. The van der Waals surface area contributed by atoms with E-state index in [4.69, 9.17) is 0 Å². The number of aliphatic hydroxyl groups is 2. The predicted molar refractivity (Wildman–Crippen MR) is 139 cm³/mol. The summed E-state index contributed by atoms with van der Waals surface area (Å²) in [7, 11) is 0. The van der Waals surface area contributed by atoms with Crippen LogP contribution in [0.15, 0.2) is 53.0 Å². The summed E-state index contributed by atoms with van der Waals surface area (Å²) in [5, 5.41) is 22.7. The number of aliphatic hydroxyl groups excluding tert-OH is 2. The van der Waals surface area contributed by atoms with Crippen LogP contribution in [0.3, 0.4) is 0 Å². The van der Waals surface area contributed by atoms with E-state index in [1.54, 1.807) is 0 Å². The van der Waals surface area contributed by atoms with Crippen LogP contribution < -0.4 is 0 Å². The molecule has 0 bridgehead atoms. The maximum atomic E-state index is 14.0. The average Bonchev–Trinajstić information content (AvgIpc) is 2.77. The summed E-state index contributed by atoms with van der Waals surface area (Å²) in [4.78, 5) is 27.4. The second-order valence-corrected chi connectivity index (χ2v) is 11.2. The number of rotatable bonds is 13. The summed E-state index contributed by atoms with van der Waals surface area (Å²) in [6.45, 7) is 12.6. The molecule has 0 amide bonds. The van der Waals surface area contributed by atoms with Crippen LogP contribution in [0.5, 0.6) is 0 Å². The van der Waals surface area contributed by atoms with Crippen molar-refractivity contribution in [1.82, 2.24) is 0 Å². The van der Waals surface area contributed by atoms with Crippen molar-refractivity contribution >= 4 is 11.6 Å². The van der Waals surface area contributed by atoms with E-state index in [2.05, 4.69) is 41.5 Å². The molecule has 2 rings (SSSR count). The molecular weight excluding hydrogens is 424 g/mol. The third-order valence-electron chi connectivity index (χ3n) is 6.95. The topological polar surface area (TPSA) is 74.6 Å². The van der Waals surface area contributed by atoms with Crippen LogP contribution in [-0.4, -0.2) is 21.8 Å². The minimum Gasteiger partial charge on any atom is -0.511 e. The molecule has 0 aliphatic heterocycles. The normalized spacial score (nSPS) is 16.3. The number of allylic oxidation sites excluding steroid dienone is 3. The van der Waals surface area contributed by atoms with Crippen molar-refractivity contribution in [3.05, 3.63) is 58.6 Å². The zero-order chi connectivity index (χ0) is 25.5. The molecule has 34 heavy (non-hydrogen) atoms. The van der Waals surface area contributed by atoms with Gasteiger partial charge in [-0.15, -0.1) is 0 Å². The van der Waals surface area contributed by atoms with Gasteiger partial charge in [0.15, 0.2) is 11.6 Å².